The first-order chi connectivity index (χ1) is 19.8. The number of ether oxygens (including phenoxy) is 1. The van der Waals surface area contributed by atoms with E-state index in [1.165, 1.54) is 0 Å². The quantitative estimate of drug-likeness (QED) is 0.172. The molecule has 0 radical (unpaired) electrons. The van der Waals surface area contributed by atoms with Crippen LogP contribution in [0.3, 0.4) is 0 Å². The van der Waals surface area contributed by atoms with E-state index in [0.717, 1.165) is 56.9 Å². The van der Waals surface area contributed by atoms with Crippen LogP contribution in [0, 0.1) is 0 Å². The summed E-state index contributed by atoms with van der Waals surface area (Å²) >= 11 is 0. The summed E-state index contributed by atoms with van der Waals surface area (Å²) in [5, 5.41) is 5.76. The number of carbonyl (C=O) groups is 4. The molecule has 238 valence electrons. The van der Waals surface area contributed by atoms with Crippen LogP contribution >= 0.6 is 0 Å². The molecular weight excluding hydrogens is 532 g/mol. The molecule has 9 heteroatoms. The monoisotopic (exact) mass is 588 g/mol. The number of hydrogen-bond acceptors (Lipinski definition) is 5. The van der Waals surface area contributed by atoms with Gasteiger partial charge in [0.05, 0.1) is 0 Å². The van der Waals surface area contributed by atoms with Gasteiger partial charge in [-0.05, 0) is 64.5 Å². The highest BCUT2D eigenvalue weighted by atomic mass is 16.6. The van der Waals surface area contributed by atoms with Crippen LogP contribution in [0.15, 0.2) is 24.3 Å². The molecule has 0 fully saturated rings. The van der Waals surface area contributed by atoms with Crippen LogP contribution in [0.25, 0.3) is 0 Å². The molecule has 3 unspecified atom stereocenters. The van der Waals surface area contributed by atoms with E-state index >= 15 is 0 Å². The number of amides is 4. The zero-order chi connectivity index (χ0) is 31.7. The van der Waals surface area contributed by atoms with Gasteiger partial charge in [0.1, 0.15) is 17.7 Å². The second kappa shape index (κ2) is 19.2. The molecule has 0 bridgehead atoms. The number of unbranched alkanes of at least 4 members (excludes halogenated alkanes) is 5. The lowest BCUT2D eigenvalue weighted by Crippen LogP contribution is -2.54. The van der Waals surface area contributed by atoms with Gasteiger partial charge >= 0.3 is 6.09 Å². The first kappa shape index (κ1) is 36.9. The lowest BCUT2D eigenvalue weighted by molar-refractivity contribution is -0.143. The van der Waals surface area contributed by atoms with Gasteiger partial charge in [-0.15, -0.1) is 0 Å². The molecule has 42 heavy (non-hydrogen) atoms. The van der Waals surface area contributed by atoms with Crippen molar-refractivity contribution in [1.82, 2.24) is 15.5 Å². The molecule has 9 nitrogen and oxygen atoms in total. The maximum absolute atomic E-state index is 14.3. The van der Waals surface area contributed by atoms with Crippen LogP contribution in [-0.4, -0.2) is 52.9 Å². The van der Waals surface area contributed by atoms with Crippen molar-refractivity contribution in [3.8, 4) is 0 Å². The fourth-order valence-electron chi connectivity index (χ4n) is 4.86. The van der Waals surface area contributed by atoms with Crippen LogP contribution in [0.2, 0.25) is 0 Å². The molecule has 3 atom stereocenters. The van der Waals surface area contributed by atoms with Crippen LogP contribution in [0.5, 0.6) is 0 Å². The minimum absolute atomic E-state index is 0.00421. The summed E-state index contributed by atoms with van der Waals surface area (Å²) in [6.45, 7) is 13.8. The molecule has 1 aromatic carbocycles. The number of benzene rings is 1. The molecular formula is C33H56N4O5. The van der Waals surface area contributed by atoms with Gasteiger partial charge in [0, 0.05) is 19.0 Å². The third-order valence-electron chi connectivity index (χ3n) is 7.08. The molecule has 0 spiro atoms. The summed E-state index contributed by atoms with van der Waals surface area (Å²) in [4.78, 5) is 54.2. The van der Waals surface area contributed by atoms with E-state index in [0.29, 0.717) is 18.5 Å². The topological polar surface area (TPSA) is 131 Å². The Morgan fingerprint density at radius 2 is 1.50 bits per heavy atom. The van der Waals surface area contributed by atoms with Gasteiger partial charge in [-0.3, -0.25) is 14.4 Å². The Balaban J connectivity index is 3.51. The predicted octanol–water partition coefficient (Wildman–Crippen LogP) is 5.94. The number of alkyl carbamates (subject to hydrolysis) is 1. The lowest BCUT2D eigenvalue weighted by atomic mass is 9.98. The van der Waals surface area contributed by atoms with E-state index in [4.69, 9.17) is 10.5 Å². The highest BCUT2D eigenvalue weighted by Crippen LogP contribution is 2.25. The van der Waals surface area contributed by atoms with E-state index in [-0.39, 0.29) is 24.8 Å². The Bertz CT molecular complexity index is 974. The van der Waals surface area contributed by atoms with Crippen molar-refractivity contribution in [1.29, 1.82) is 0 Å². The van der Waals surface area contributed by atoms with Crippen molar-refractivity contribution < 1.29 is 23.9 Å². The van der Waals surface area contributed by atoms with E-state index < -0.39 is 35.6 Å². The van der Waals surface area contributed by atoms with E-state index in [9.17, 15) is 19.2 Å². The standard InChI is InChI=1S/C33H56N4O5/c1-8-11-12-13-14-15-23-37(31(40)27(21-22-28(34)38)36-32(41)42-33(5,6)7)29(30(39)35-24(4)16-9-2)26-19-17-25(10-3)18-20-26/h17-20,24,27,29H,8-16,21-23H2,1-7H3,(H2,34,38)(H,35,39)(H,36,41). The van der Waals surface area contributed by atoms with Crippen molar-refractivity contribution in [2.75, 3.05) is 6.54 Å². The van der Waals surface area contributed by atoms with Crippen LogP contribution in [0.4, 0.5) is 4.79 Å². The predicted molar refractivity (Wildman–Crippen MR) is 168 cm³/mol. The second-order valence-electron chi connectivity index (χ2n) is 12.2. The fraction of sp³-hybridized carbons (Fsp3) is 0.697. The summed E-state index contributed by atoms with van der Waals surface area (Å²) in [5.74, 6) is -1.30. The van der Waals surface area contributed by atoms with Gasteiger partial charge in [0.2, 0.25) is 17.7 Å². The van der Waals surface area contributed by atoms with E-state index in [1.54, 1.807) is 25.7 Å². The number of carbonyl (C=O) groups excluding carboxylic acids is 4. The Labute approximate surface area is 253 Å². The zero-order valence-electron chi connectivity index (χ0n) is 27.1. The summed E-state index contributed by atoms with van der Waals surface area (Å²) < 4.78 is 5.42. The molecule has 4 N–H and O–H groups in total. The molecule has 0 saturated carbocycles. The highest BCUT2D eigenvalue weighted by Gasteiger charge is 2.36. The van der Waals surface area contributed by atoms with Crippen LogP contribution in [-0.2, 0) is 25.5 Å². The van der Waals surface area contributed by atoms with Crippen molar-refractivity contribution >= 4 is 23.8 Å². The number of primary amides is 1. The van der Waals surface area contributed by atoms with E-state index in [1.807, 2.05) is 31.2 Å². The molecule has 4 amide bonds. The largest absolute Gasteiger partial charge is 0.444 e. The maximum atomic E-state index is 14.3. The van der Waals surface area contributed by atoms with Crippen molar-refractivity contribution in [3.05, 3.63) is 35.4 Å². The number of nitrogens with zero attached hydrogens (tertiary/aromatic N) is 1. The fourth-order valence-corrected chi connectivity index (χ4v) is 4.86. The maximum Gasteiger partial charge on any atom is 0.408 e. The highest BCUT2D eigenvalue weighted by molar-refractivity contribution is 5.92. The molecule has 0 aliphatic heterocycles. The zero-order valence-corrected chi connectivity index (χ0v) is 27.1. The van der Waals surface area contributed by atoms with Crippen LogP contribution in [0.1, 0.15) is 130 Å². The third-order valence-corrected chi connectivity index (χ3v) is 7.08. The lowest BCUT2D eigenvalue weighted by Gasteiger charge is -2.35. The number of rotatable bonds is 19. The molecule has 0 aliphatic rings. The minimum Gasteiger partial charge on any atom is -0.444 e. The first-order valence-electron chi connectivity index (χ1n) is 15.8. The molecule has 0 aromatic heterocycles. The first-order valence-corrected chi connectivity index (χ1v) is 15.8. The van der Waals surface area contributed by atoms with Crippen LogP contribution < -0.4 is 16.4 Å². The Hall–Kier alpha value is -3.10. The Morgan fingerprint density at radius 1 is 0.881 bits per heavy atom. The van der Waals surface area contributed by atoms with Crippen molar-refractivity contribution in [3.63, 3.8) is 0 Å². The van der Waals surface area contributed by atoms with Gasteiger partial charge in [0.25, 0.3) is 0 Å². The number of hydrogen-bond donors (Lipinski definition) is 3. The van der Waals surface area contributed by atoms with Gasteiger partial charge in [-0.1, -0.05) is 83.6 Å². The normalized spacial score (nSPS) is 13.5. The average Bonchev–Trinajstić information content (AvgIpc) is 2.91. The molecule has 0 aliphatic carbocycles. The molecule has 0 saturated heterocycles. The number of nitrogens with one attached hydrogen (secondary N) is 2. The van der Waals surface area contributed by atoms with Gasteiger partial charge in [-0.2, -0.15) is 0 Å². The Morgan fingerprint density at radius 3 is 2.05 bits per heavy atom. The van der Waals surface area contributed by atoms with Crippen molar-refractivity contribution in [2.24, 2.45) is 5.73 Å². The second-order valence-corrected chi connectivity index (χ2v) is 12.2. The molecule has 1 aromatic rings. The average molecular weight is 589 g/mol. The Kier molecular flexibility index (Phi) is 16.8. The summed E-state index contributed by atoms with van der Waals surface area (Å²) in [7, 11) is 0. The summed E-state index contributed by atoms with van der Waals surface area (Å²) in [5.41, 5.74) is 6.46. The summed E-state index contributed by atoms with van der Waals surface area (Å²) in [6, 6.07) is 5.67. The van der Waals surface area contributed by atoms with Crippen molar-refractivity contribution in [2.45, 2.75) is 143 Å². The number of nitrogens with two attached hydrogens (primary N) is 1. The number of aryl methyl sites for hydroxylation is 1. The van der Waals surface area contributed by atoms with Gasteiger partial charge in [0.15, 0.2) is 0 Å². The van der Waals surface area contributed by atoms with E-state index in [2.05, 4.69) is 31.4 Å². The molecule has 1 rings (SSSR count). The SMILES string of the molecule is CCCCCCCCN(C(=O)C(CCC(N)=O)NC(=O)OC(C)(C)C)C(C(=O)NC(C)CCC)c1ccc(CC)cc1. The third kappa shape index (κ3) is 14.2. The smallest absolute Gasteiger partial charge is 0.408 e. The van der Waals surface area contributed by atoms with Gasteiger partial charge < -0.3 is 26.0 Å². The summed E-state index contributed by atoms with van der Waals surface area (Å²) in [6.07, 6.45) is 7.73. The molecule has 0 heterocycles. The van der Waals surface area contributed by atoms with Gasteiger partial charge in [-0.25, -0.2) is 4.79 Å². The minimum atomic E-state index is -1.09.